The lowest BCUT2D eigenvalue weighted by Gasteiger charge is -2.13. The molecule has 0 bridgehead atoms. The standard InChI is InChI=1S/C22H26N4O3/c1-16(2)12-14-29-20-10-6-3-7-17(20)15-23-21(27)11-13-26-22(28)18-8-4-5-9-19(18)24-25-26/h3-10,16H,11-15H2,1-2H3,(H,23,27). The minimum Gasteiger partial charge on any atom is -0.493 e. The van der Waals surface area contributed by atoms with E-state index in [1.165, 1.54) is 4.68 Å². The Morgan fingerprint density at radius 3 is 2.72 bits per heavy atom. The first-order chi connectivity index (χ1) is 14.0. The highest BCUT2D eigenvalue weighted by Gasteiger charge is 2.09. The fourth-order valence-electron chi connectivity index (χ4n) is 2.85. The lowest BCUT2D eigenvalue weighted by Crippen LogP contribution is -2.29. The van der Waals surface area contributed by atoms with E-state index in [-0.39, 0.29) is 24.4 Å². The number of amides is 1. The molecule has 152 valence electrons. The van der Waals surface area contributed by atoms with Gasteiger partial charge in [0.2, 0.25) is 5.91 Å². The number of hydrogen-bond donors (Lipinski definition) is 1. The van der Waals surface area contributed by atoms with Crippen LogP contribution in [0.25, 0.3) is 10.9 Å². The molecule has 1 amide bonds. The van der Waals surface area contributed by atoms with E-state index in [4.69, 9.17) is 4.74 Å². The van der Waals surface area contributed by atoms with Crippen molar-refractivity contribution in [3.05, 3.63) is 64.4 Å². The van der Waals surface area contributed by atoms with Gasteiger partial charge in [-0.2, -0.15) is 0 Å². The summed E-state index contributed by atoms with van der Waals surface area (Å²) in [5.41, 5.74) is 1.23. The Labute approximate surface area is 169 Å². The van der Waals surface area contributed by atoms with Crippen LogP contribution in [0, 0.1) is 5.92 Å². The number of nitrogens with zero attached hydrogens (tertiary/aromatic N) is 3. The average Bonchev–Trinajstić information content (AvgIpc) is 2.72. The van der Waals surface area contributed by atoms with Gasteiger partial charge in [0.05, 0.1) is 18.5 Å². The van der Waals surface area contributed by atoms with Crippen molar-refractivity contribution in [1.29, 1.82) is 0 Å². The summed E-state index contributed by atoms with van der Waals surface area (Å²) < 4.78 is 7.08. The number of aryl methyl sites for hydroxylation is 1. The fraction of sp³-hybridized carbons (Fsp3) is 0.364. The van der Waals surface area contributed by atoms with Gasteiger partial charge in [0.1, 0.15) is 11.3 Å². The molecular weight excluding hydrogens is 368 g/mol. The van der Waals surface area contributed by atoms with E-state index in [1.54, 1.807) is 24.3 Å². The van der Waals surface area contributed by atoms with Crippen LogP contribution in [0.3, 0.4) is 0 Å². The molecule has 0 aliphatic rings. The first-order valence-electron chi connectivity index (χ1n) is 9.84. The van der Waals surface area contributed by atoms with E-state index in [1.807, 2.05) is 24.3 Å². The number of para-hydroxylation sites is 1. The summed E-state index contributed by atoms with van der Waals surface area (Å²) in [5, 5.41) is 11.3. The number of carbonyl (C=O) groups is 1. The molecule has 3 rings (SSSR count). The number of rotatable bonds is 9. The molecular formula is C22H26N4O3. The summed E-state index contributed by atoms with van der Waals surface area (Å²) in [6.45, 7) is 5.50. The van der Waals surface area contributed by atoms with Gasteiger partial charge in [0, 0.05) is 18.5 Å². The molecule has 0 spiro atoms. The van der Waals surface area contributed by atoms with Gasteiger partial charge >= 0.3 is 0 Å². The fourth-order valence-corrected chi connectivity index (χ4v) is 2.85. The van der Waals surface area contributed by atoms with Crippen LogP contribution in [-0.4, -0.2) is 27.5 Å². The van der Waals surface area contributed by atoms with E-state index >= 15 is 0 Å². The van der Waals surface area contributed by atoms with Crippen LogP contribution in [0.1, 0.15) is 32.3 Å². The van der Waals surface area contributed by atoms with Crippen molar-refractivity contribution in [2.75, 3.05) is 6.61 Å². The first-order valence-corrected chi connectivity index (χ1v) is 9.84. The summed E-state index contributed by atoms with van der Waals surface area (Å²) >= 11 is 0. The highest BCUT2D eigenvalue weighted by molar-refractivity contribution is 5.77. The average molecular weight is 394 g/mol. The van der Waals surface area contributed by atoms with Gasteiger partial charge in [-0.05, 0) is 30.5 Å². The Morgan fingerprint density at radius 2 is 1.90 bits per heavy atom. The van der Waals surface area contributed by atoms with Gasteiger partial charge in [-0.15, -0.1) is 5.10 Å². The maximum Gasteiger partial charge on any atom is 0.277 e. The number of benzene rings is 2. The van der Waals surface area contributed by atoms with Gasteiger partial charge in [-0.3, -0.25) is 9.59 Å². The maximum atomic E-state index is 12.4. The molecule has 0 atom stereocenters. The zero-order valence-corrected chi connectivity index (χ0v) is 16.8. The van der Waals surface area contributed by atoms with Gasteiger partial charge in [0.25, 0.3) is 5.56 Å². The molecule has 0 fully saturated rings. The summed E-state index contributed by atoms with van der Waals surface area (Å²) in [4.78, 5) is 24.7. The molecule has 0 aliphatic heterocycles. The van der Waals surface area contributed by atoms with E-state index < -0.39 is 0 Å². The molecule has 1 heterocycles. The number of fused-ring (bicyclic) bond motifs is 1. The summed E-state index contributed by atoms with van der Waals surface area (Å²) in [6, 6.07) is 14.7. The lowest BCUT2D eigenvalue weighted by atomic mass is 10.1. The number of aromatic nitrogens is 3. The van der Waals surface area contributed by atoms with E-state index in [2.05, 4.69) is 29.5 Å². The van der Waals surface area contributed by atoms with Gasteiger partial charge in [-0.25, -0.2) is 4.68 Å². The molecule has 3 aromatic rings. The van der Waals surface area contributed by atoms with Crippen LogP contribution in [-0.2, 0) is 17.9 Å². The van der Waals surface area contributed by atoms with Crippen molar-refractivity contribution in [3.8, 4) is 5.75 Å². The van der Waals surface area contributed by atoms with Crippen molar-refractivity contribution in [1.82, 2.24) is 20.3 Å². The number of ether oxygens (including phenoxy) is 1. The molecule has 1 N–H and O–H groups in total. The zero-order valence-electron chi connectivity index (χ0n) is 16.8. The molecule has 0 radical (unpaired) electrons. The topological polar surface area (TPSA) is 86.1 Å². The highest BCUT2D eigenvalue weighted by Crippen LogP contribution is 2.18. The van der Waals surface area contributed by atoms with E-state index in [0.717, 1.165) is 17.7 Å². The Hall–Kier alpha value is -3.22. The predicted octanol–water partition coefficient (Wildman–Crippen LogP) is 2.92. The van der Waals surface area contributed by atoms with Gasteiger partial charge in [0.15, 0.2) is 0 Å². The van der Waals surface area contributed by atoms with E-state index in [9.17, 15) is 9.59 Å². The number of carbonyl (C=O) groups excluding carboxylic acids is 1. The minimum absolute atomic E-state index is 0.142. The minimum atomic E-state index is -0.243. The molecule has 0 unspecified atom stereocenters. The van der Waals surface area contributed by atoms with Crippen LogP contribution in [0.4, 0.5) is 0 Å². The van der Waals surface area contributed by atoms with Crippen molar-refractivity contribution in [2.45, 2.75) is 39.8 Å². The van der Waals surface area contributed by atoms with Crippen LogP contribution in [0.5, 0.6) is 5.75 Å². The Kier molecular flexibility index (Phi) is 6.94. The molecule has 0 saturated carbocycles. The van der Waals surface area contributed by atoms with Crippen molar-refractivity contribution in [2.24, 2.45) is 5.92 Å². The third-order valence-corrected chi connectivity index (χ3v) is 4.58. The van der Waals surface area contributed by atoms with Crippen LogP contribution >= 0.6 is 0 Å². The SMILES string of the molecule is CC(C)CCOc1ccccc1CNC(=O)CCn1nnc2ccccc2c1=O. The third-order valence-electron chi connectivity index (χ3n) is 4.58. The molecule has 0 saturated heterocycles. The highest BCUT2D eigenvalue weighted by atomic mass is 16.5. The maximum absolute atomic E-state index is 12.4. The van der Waals surface area contributed by atoms with Crippen molar-refractivity contribution in [3.63, 3.8) is 0 Å². The summed E-state index contributed by atoms with van der Waals surface area (Å²) in [7, 11) is 0. The van der Waals surface area contributed by atoms with Crippen molar-refractivity contribution < 1.29 is 9.53 Å². The number of nitrogens with one attached hydrogen (secondary N) is 1. The molecule has 7 heteroatoms. The zero-order chi connectivity index (χ0) is 20.6. The quantitative estimate of drug-likeness (QED) is 0.603. The normalized spacial score (nSPS) is 11.0. The number of hydrogen-bond acceptors (Lipinski definition) is 5. The predicted molar refractivity (Wildman–Crippen MR) is 112 cm³/mol. The monoisotopic (exact) mass is 394 g/mol. The molecule has 29 heavy (non-hydrogen) atoms. The second kappa shape index (κ2) is 9.82. The Balaban J connectivity index is 1.54. The Morgan fingerprint density at radius 1 is 1.14 bits per heavy atom. The summed E-state index contributed by atoms with van der Waals surface area (Å²) in [6.07, 6.45) is 1.12. The Bertz CT molecular complexity index is 1030. The van der Waals surface area contributed by atoms with Gasteiger partial charge in [-0.1, -0.05) is 49.4 Å². The second-order valence-corrected chi connectivity index (χ2v) is 7.30. The smallest absolute Gasteiger partial charge is 0.277 e. The second-order valence-electron chi connectivity index (χ2n) is 7.30. The molecule has 0 aliphatic carbocycles. The largest absolute Gasteiger partial charge is 0.493 e. The van der Waals surface area contributed by atoms with E-state index in [0.29, 0.717) is 30.0 Å². The van der Waals surface area contributed by atoms with Crippen LogP contribution in [0.2, 0.25) is 0 Å². The van der Waals surface area contributed by atoms with Gasteiger partial charge < -0.3 is 10.1 Å². The molecule has 1 aromatic heterocycles. The van der Waals surface area contributed by atoms with Crippen molar-refractivity contribution >= 4 is 16.8 Å². The molecule has 2 aromatic carbocycles. The summed E-state index contributed by atoms with van der Waals surface area (Å²) in [5.74, 6) is 1.19. The van der Waals surface area contributed by atoms with Crippen LogP contribution < -0.4 is 15.6 Å². The third kappa shape index (κ3) is 5.63. The lowest BCUT2D eigenvalue weighted by molar-refractivity contribution is -0.121. The molecule has 7 nitrogen and oxygen atoms in total. The first kappa shape index (κ1) is 20.5. The van der Waals surface area contributed by atoms with Crippen LogP contribution in [0.15, 0.2) is 53.3 Å².